The van der Waals surface area contributed by atoms with Crippen LogP contribution in [0.5, 0.6) is 0 Å². The van der Waals surface area contributed by atoms with Crippen LogP contribution in [0.25, 0.3) is 5.57 Å². The summed E-state index contributed by atoms with van der Waals surface area (Å²) in [4.78, 5) is 10.9. The smallest absolute Gasteiger partial charge is 0.406 e. The Hall–Kier alpha value is -1.77. The van der Waals surface area contributed by atoms with Gasteiger partial charge in [-0.1, -0.05) is 30.3 Å². The Kier molecular flexibility index (Phi) is 3.25. The number of methoxy groups -OCH3 is 1. The van der Waals surface area contributed by atoms with E-state index in [1.165, 1.54) is 23.8 Å². The molecular formula is C13H15NO2. The molecule has 0 atom stereocenters. The molecule has 0 unspecified atom stereocenters. The van der Waals surface area contributed by atoms with Gasteiger partial charge in [-0.15, -0.1) is 0 Å². The molecule has 1 N–H and O–H groups in total. The molecule has 1 amide bonds. The van der Waals surface area contributed by atoms with E-state index in [4.69, 9.17) is 0 Å². The summed E-state index contributed by atoms with van der Waals surface area (Å²) >= 11 is 0. The first-order valence-corrected chi connectivity index (χ1v) is 5.40. The normalized spacial score (nSPS) is 12.9. The van der Waals surface area contributed by atoms with Gasteiger partial charge < -0.3 is 10.1 Å². The number of alkyl carbamates (subject to hydrolysis) is 1. The van der Waals surface area contributed by atoms with Crippen molar-refractivity contribution in [2.24, 2.45) is 0 Å². The van der Waals surface area contributed by atoms with Gasteiger partial charge in [0, 0.05) is 6.54 Å². The number of rotatable bonds is 3. The van der Waals surface area contributed by atoms with Crippen LogP contribution in [0.3, 0.4) is 0 Å². The minimum absolute atomic E-state index is 0.369. The van der Waals surface area contributed by atoms with Crippen LogP contribution in [-0.4, -0.2) is 19.7 Å². The van der Waals surface area contributed by atoms with Crippen LogP contribution in [0.2, 0.25) is 0 Å². The first-order chi connectivity index (χ1) is 7.81. The van der Waals surface area contributed by atoms with Crippen molar-refractivity contribution in [1.29, 1.82) is 0 Å². The van der Waals surface area contributed by atoms with Crippen molar-refractivity contribution in [1.82, 2.24) is 5.32 Å². The Morgan fingerprint density at radius 1 is 1.44 bits per heavy atom. The second kappa shape index (κ2) is 4.84. The number of benzene rings is 1. The number of carbonyl (C=O) groups excluding carboxylic acids is 1. The molecule has 0 heterocycles. The van der Waals surface area contributed by atoms with Gasteiger partial charge in [0.1, 0.15) is 0 Å². The zero-order valence-corrected chi connectivity index (χ0v) is 9.32. The van der Waals surface area contributed by atoms with Gasteiger partial charge in [0.2, 0.25) is 0 Å². The summed E-state index contributed by atoms with van der Waals surface area (Å²) in [5.41, 5.74) is 4.00. The van der Waals surface area contributed by atoms with Gasteiger partial charge in [0.05, 0.1) is 7.11 Å². The molecule has 0 saturated carbocycles. The maximum Gasteiger partial charge on any atom is 0.406 e. The van der Waals surface area contributed by atoms with Crippen molar-refractivity contribution in [3.05, 3.63) is 41.5 Å². The molecule has 84 valence electrons. The molecule has 0 radical (unpaired) electrons. The molecule has 0 aliphatic heterocycles. The molecule has 0 saturated heterocycles. The number of ether oxygens (including phenoxy) is 1. The summed E-state index contributed by atoms with van der Waals surface area (Å²) in [6.07, 6.45) is 3.71. The van der Waals surface area contributed by atoms with Crippen LogP contribution in [0.4, 0.5) is 4.79 Å². The molecule has 1 aliphatic carbocycles. The first kappa shape index (κ1) is 10.7. The molecule has 0 spiro atoms. The molecule has 16 heavy (non-hydrogen) atoms. The van der Waals surface area contributed by atoms with Gasteiger partial charge in [-0.25, -0.2) is 4.79 Å². The van der Waals surface area contributed by atoms with Crippen molar-refractivity contribution in [2.45, 2.75) is 12.8 Å². The van der Waals surface area contributed by atoms with Crippen LogP contribution in [0.15, 0.2) is 30.3 Å². The molecule has 0 fully saturated rings. The molecule has 1 aliphatic rings. The fourth-order valence-corrected chi connectivity index (χ4v) is 1.96. The highest BCUT2D eigenvalue weighted by Crippen LogP contribution is 2.28. The molecule has 3 heteroatoms. The summed E-state index contributed by atoms with van der Waals surface area (Å²) in [5, 5.41) is 2.69. The summed E-state index contributed by atoms with van der Waals surface area (Å²) in [6.45, 7) is 0.618. The monoisotopic (exact) mass is 217 g/mol. The van der Waals surface area contributed by atoms with E-state index in [-0.39, 0.29) is 6.09 Å². The van der Waals surface area contributed by atoms with Crippen molar-refractivity contribution in [3.63, 3.8) is 0 Å². The van der Waals surface area contributed by atoms with E-state index < -0.39 is 0 Å². The third-order valence-corrected chi connectivity index (χ3v) is 2.78. The van der Waals surface area contributed by atoms with Gasteiger partial charge in [-0.2, -0.15) is 0 Å². The van der Waals surface area contributed by atoms with Crippen molar-refractivity contribution in [2.75, 3.05) is 13.7 Å². The standard InChI is InChI=1S/C13H15NO2/c1-16-13(15)14-9-8-11-7-6-10-4-2-3-5-12(10)11/h2-5,7H,6,8-9H2,1H3,(H,14,15). The number of allylic oxidation sites excluding steroid dienone is 1. The van der Waals surface area contributed by atoms with Crippen LogP contribution in [-0.2, 0) is 11.2 Å². The predicted octanol–water partition coefficient (Wildman–Crippen LogP) is 2.37. The summed E-state index contributed by atoms with van der Waals surface area (Å²) in [7, 11) is 1.37. The molecule has 0 aromatic heterocycles. The number of nitrogens with one attached hydrogen (secondary N) is 1. The van der Waals surface area contributed by atoms with Crippen LogP contribution in [0, 0.1) is 0 Å². The van der Waals surface area contributed by atoms with Crippen molar-refractivity contribution >= 4 is 11.7 Å². The van der Waals surface area contributed by atoms with E-state index in [1.54, 1.807) is 0 Å². The van der Waals surface area contributed by atoms with Crippen molar-refractivity contribution in [3.8, 4) is 0 Å². The third-order valence-electron chi connectivity index (χ3n) is 2.78. The number of fused-ring (bicyclic) bond motifs is 1. The molecule has 2 rings (SSSR count). The lowest BCUT2D eigenvalue weighted by Crippen LogP contribution is -2.24. The molecule has 0 bridgehead atoms. The molecule has 3 nitrogen and oxygen atoms in total. The predicted molar refractivity (Wildman–Crippen MR) is 63.1 cm³/mol. The lowest BCUT2D eigenvalue weighted by Gasteiger charge is -2.06. The maximum atomic E-state index is 10.9. The highest BCUT2D eigenvalue weighted by atomic mass is 16.5. The number of carbonyl (C=O) groups is 1. The maximum absolute atomic E-state index is 10.9. The van der Waals surface area contributed by atoms with E-state index in [2.05, 4.69) is 34.3 Å². The van der Waals surface area contributed by atoms with Gasteiger partial charge in [-0.05, 0) is 29.5 Å². The topological polar surface area (TPSA) is 38.3 Å². The summed E-state index contributed by atoms with van der Waals surface area (Å²) in [5.74, 6) is 0. The zero-order chi connectivity index (χ0) is 11.4. The number of hydrogen-bond donors (Lipinski definition) is 1. The van der Waals surface area contributed by atoms with Crippen LogP contribution in [0.1, 0.15) is 17.5 Å². The first-order valence-electron chi connectivity index (χ1n) is 5.40. The largest absolute Gasteiger partial charge is 0.453 e. The van der Waals surface area contributed by atoms with Crippen molar-refractivity contribution < 1.29 is 9.53 Å². The lowest BCUT2D eigenvalue weighted by atomic mass is 10.0. The molecule has 1 aromatic carbocycles. The Morgan fingerprint density at radius 2 is 2.25 bits per heavy atom. The van der Waals surface area contributed by atoms with Crippen LogP contribution < -0.4 is 5.32 Å². The van der Waals surface area contributed by atoms with E-state index in [9.17, 15) is 4.79 Å². The minimum Gasteiger partial charge on any atom is -0.453 e. The zero-order valence-electron chi connectivity index (χ0n) is 9.32. The van der Waals surface area contributed by atoms with E-state index in [1.807, 2.05) is 6.07 Å². The second-order valence-electron chi connectivity index (χ2n) is 3.76. The lowest BCUT2D eigenvalue weighted by molar-refractivity contribution is 0.171. The summed E-state index contributed by atoms with van der Waals surface area (Å²) < 4.78 is 4.51. The SMILES string of the molecule is COC(=O)NCCC1=CCc2ccccc21. The highest BCUT2D eigenvalue weighted by Gasteiger charge is 2.12. The van der Waals surface area contributed by atoms with Crippen LogP contribution >= 0.6 is 0 Å². The fourth-order valence-electron chi connectivity index (χ4n) is 1.96. The average Bonchev–Trinajstić information content (AvgIpc) is 2.73. The fraction of sp³-hybridized carbons (Fsp3) is 0.308. The van der Waals surface area contributed by atoms with Gasteiger partial charge in [-0.3, -0.25) is 0 Å². The Labute approximate surface area is 95.1 Å². The van der Waals surface area contributed by atoms with E-state index in [0.29, 0.717) is 6.54 Å². The summed E-state index contributed by atoms with van der Waals surface area (Å²) in [6, 6.07) is 8.38. The average molecular weight is 217 g/mol. The van der Waals surface area contributed by atoms with Gasteiger partial charge in [0.15, 0.2) is 0 Å². The Bertz CT molecular complexity index is 424. The third kappa shape index (κ3) is 2.24. The van der Waals surface area contributed by atoms with E-state index in [0.717, 1.165) is 12.8 Å². The Morgan fingerprint density at radius 3 is 3.06 bits per heavy atom. The molecular weight excluding hydrogens is 202 g/mol. The quantitative estimate of drug-likeness (QED) is 0.844. The number of hydrogen-bond acceptors (Lipinski definition) is 2. The van der Waals surface area contributed by atoms with E-state index >= 15 is 0 Å². The number of amides is 1. The second-order valence-corrected chi connectivity index (χ2v) is 3.76. The van der Waals surface area contributed by atoms with Gasteiger partial charge >= 0.3 is 6.09 Å². The Balaban J connectivity index is 1.91. The van der Waals surface area contributed by atoms with Gasteiger partial charge in [0.25, 0.3) is 0 Å². The molecule has 1 aromatic rings. The highest BCUT2D eigenvalue weighted by molar-refractivity contribution is 5.73. The minimum atomic E-state index is -0.369.